The van der Waals surface area contributed by atoms with Crippen LogP contribution in [0, 0.1) is 5.82 Å². The largest absolute Gasteiger partial charge is 0.271 e. The Kier molecular flexibility index (Phi) is 5.10. The average molecular weight is 295 g/mol. The summed E-state index contributed by atoms with van der Waals surface area (Å²) in [5, 5.41) is -0.631. The van der Waals surface area contributed by atoms with Gasteiger partial charge in [0.05, 0.1) is 10.3 Å². The zero-order valence-corrected chi connectivity index (χ0v) is 11.7. The van der Waals surface area contributed by atoms with Crippen LogP contribution < -0.4 is 11.3 Å². The molecule has 0 aliphatic carbocycles. The highest BCUT2D eigenvalue weighted by Crippen LogP contribution is 2.18. The first kappa shape index (κ1) is 15.4. The lowest BCUT2D eigenvalue weighted by atomic mass is 10.0. The molecule has 0 aliphatic heterocycles. The topological polar surface area (TPSA) is 72.2 Å². The molecule has 2 unspecified atom stereocenters. The van der Waals surface area contributed by atoms with E-state index in [0.717, 1.165) is 6.26 Å². The van der Waals surface area contributed by atoms with Gasteiger partial charge in [0.2, 0.25) is 0 Å². The molecule has 0 saturated carbocycles. The molecule has 1 aromatic rings. The van der Waals surface area contributed by atoms with Gasteiger partial charge in [-0.15, -0.1) is 0 Å². The molecule has 0 fully saturated rings. The van der Waals surface area contributed by atoms with Gasteiger partial charge in [-0.05, 0) is 31.0 Å². The maximum Gasteiger partial charge on any atom is 0.151 e. The van der Waals surface area contributed by atoms with Crippen molar-refractivity contribution in [3.63, 3.8) is 0 Å². The second-order valence-corrected chi connectivity index (χ2v) is 7.07. The summed E-state index contributed by atoms with van der Waals surface area (Å²) in [7, 11) is -3.21. The normalized spacial score (nSPS) is 15.4. The summed E-state index contributed by atoms with van der Waals surface area (Å²) in [5.41, 5.74) is 3.09. The Labute approximate surface area is 111 Å². The number of nitrogens with two attached hydrogens (primary N) is 1. The maximum absolute atomic E-state index is 13.3. The SMILES string of the molecule is CC(C(Cc1ccc(Cl)c(F)c1)NN)S(C)(=O)=O. The molecule has 0 aliphatic rings. The number of nitrogens with one attached hydrogen (secondary N) is 1. The molecule has 3 N–H and O–H groups in total. The maximum atomic E-state index is 13.3. The Morgan fingerprint density at radius 1 is 1.50 bits per heavy atom. The van der Waals surface area contributed by atoms with E-state index >= 15 is 0 Å². The molecule has 0 aromatic heterocycles. The van der Waals surface area contributed by atoms with Gasteiger partial charge in [0.1, 0.15) is 5.82 Å². The molecule has 0 amide bonds. The molecule has 0 heterocycles. The molecular formula is C11H16ClFN2O2S. The third kappa shape index (κ3) is 3.91. The molecular weight excluding hydrogens is 279 g/mol. The highest BCUT2D eigenvalue weighted by Gasteiger charge is 2.25. The van der Waals surface area contributed by atoms with Crippen LogP contribution in [0.25, 0.3) is 0 Å². The van der Waals surface area contributed by atoms with Gasteiger partial charge in [0, 0.05) is 12.3 Å². The van der Waals surface area contributed by atoms with E-state index < -0.39 is 26.9 Å². The number of rotatable bonds is 5. The first-order chi connectivity index (χ1) is 8.25. The van der Waals surface area contributed by atoms with Crippen LogP contribution in [-0.2, 0) is 16.3 Å². The second-order valence-electron chi connectivity index (χ2n) is 4.26. The van der Waals surface area contributed by atoms with E-state index in [1.165, 1.54) is 12.1 Å². The summed E-state index contributed by atoms with van der Waals surface area (Å²) in [4.78, 5) is 0. The van der Waals surface area contributed by atoms with Crippen molar-refractivity contribution in [1.29, 1.82) is 0 Å². The predicted molar refractivity (Wildman–Crippen MR) is 70.5 cm³/mol. The van der Waals surface area contributed by atoms with E-state index in [9.17, 15) is 12.8 Å². The molecule has 0 spiro atoms. The Bertz CT molecular complexity index is 522. The third-order valence-corrected chi connectivity index (χ3v) is 4.88. The predicted octanol–water partition coefficient (Wildman–Crippen LogP) is 1.29. The van der Waals surface area contributed by atoms with E-state index in [1.54, 1.807) is 13.0 Å². The van der Waals surface area contributed by atoms with Crippen LogP contribution in [0.15, 0.2) is 18.2 Å². The summed E-state index contributed by atoms with van der Waals surface area (Å²) in [6.07, 6.45) is 1.45. The van der Waals surface area contributed by atoms with Crippen LogP contribution in [0.4, 0.5) is 4.39 Å². The Hall–Kier alpha value is -0.690. The van der Waals surface area contributed by atoms with E-state index in [2.05, 4.69) is 5.43 Å². The number of hydrogen-bond donors (Lipinski definition) is 2. The molecule has 2 atom stereocenters. The van der Waals surface area contributed by atoms with Crippen LogP contribution >= 0.6 is 11.6 Å². The molecule has 102 valence electrons. The minimum atomic E-state index is -3.21. The van der Waals surface area contributed by atoms with Gasteiger partial charge in [0.15, 0.2) is 9.84 Å². The van der Waals surface area contributed by atoms with Crippen molar-refractivity contribution in [2.45, 2.75) is 24.6 Å². The van der Waals surface area contributed by atoms with Crippen LogP contribution in [-0.4, -0.2) is 26.0 Å². The summed E-state index contributed by atoms with van der Waals surface area (Å²) in [6, 6.07) is 3.87. The van der Waals surface area contributed by atoms with E-state index in [0.29, 0.717) is 12.0 Å². The fourth-order valence-electron chi connectivity index (χ4n) is 1.58. The van der Waals surface area contributed by atoms with Gasteiger partial charge in [-0.2, -0.15) is 0 Å². The van der Waals surface area contributed by atoms with E-state index in [-0.39, 0.29) is 5.02 Å². The zero-order valence-electron chi connectivity index (χ0n) is 10.2. The van der Waals surface area contributed by atoms with Crippen LogP contribution in [0.3, 0.4) is 0 Å². The Balaban J connectivity index is 2.89. The molecule has 0 radical (unpaired) electrons. The van der Waals surface area contributed by atoms with Gasteiger partial charge in [-0.3, -0.25) is 11.3 Å². The lowest BCUT2D eigenvalue weighted by Gasteiger charge is -2.21. The number of halogens is 2. The molecule has 1 aromatic carbocycles. The van der Waals surface area contributed by atoms with Crippen LogP contribution in [0.2, 0.25) is 5.02 Å². The monoisotopic (exact) mass is 294 g/mol. The van der Waals surface area contributed by atoms with Crippen molar-refractivity contribution in [2.75, 3.05) is 6.26 Å². The molecule has 0 saturated heterocycles. The van der Waals surface area contributed by atoms with E-state index in [4.69, 9.17) is 17.4 Å². The highest BCUT2D eigenvalue weighted by molar-refractivity contribution is 7.91. The van der Waals surface area contributed by atoms with E-state index in [1.807, 2.05) is 0 Å². The smallest absolute Gasteiger partial charge is 0.151 e. The van der Waals surface area contributed by atoms with Gasteiger partial charge in [-0.1, -0.05) is 17.7 Å². The number of hydrazine groups is 1. The minimum Gasteiger partial charge on any atom is -0.271 e. The molecule has 7 heteroatoms. The molecule has 4 nitrogen and oxygen atoms in total. The lowest BCUT2D eigenvalue weighted by Crippen LogP contribution is -2.47. The molecule has 1 rings (SSSR count). The quantitative estimate of drug-likeness (QED) is 0.634. The number of benzene rings is 1. The fraction of sp³-hybridized carbons (Fsp3) is 0.455. The summed E-state index contributed by atoms with van der Waals surface area (Å²) < 4.78 is 36.2. The third-order valence-electron chi connectivity index (χ3n) is 2.90. The van der Waals surface area contributed by atoms with Crippen LogP contribution in [0.1, 0.15) is 12.5 Å². The van der Waals surface area contributed by atoms with Crippen molar-refractivity contribution < 1.29 is 12.8 Å². The van der Waals surface area contributed by atoms with Gasteiger partial charge >= 0.3 is 0 Å². The lowest BCUT2D eigenvalue weighted by molar-refractivity contribution is 0.493. The first-order valence-electron chi connectivity index (χ1n) is 5.34. The number of hydrogen-bond acceptors (Lipinski definition) is 4. The highest BCUT2D eigenvalue weighted by atomic mass is 35.5. The van der Waals surface area contributed by atoms with Gasteiger partial charge < -0.3 is 0 Å². The first-order valence-corrected chi connectivity index (χ1v) is 7.68. The molecule has 0 bridgehead atoms. The molecule has 18 heavy (non-hydrogen) atoms. The minimum absolute atomic E-state index is 0.0344. The standard InChI is InChI=1S/C11H16ClFN2O2S/c1-7(18(2,16)17)11(15-14)6-8-3-4-9(12)10(13)5-8/h3-5,7,11,15H,6,14H2,1-2H3. The van der Waals surface area contributed by atoms with Crippen molar-refractivity contribution >= 4 is 21.4 Å². The zero-order chi connectivity index (χ0) is 13.9. The fourth-order valence-corrected chi connectivity index (χ4v) is 2.47. The van der Waals surface area contributed by atoms with Gasteiger partial charge in [0.25, 0.3) is 0 Å². The number of sulfone groups is 1. The summed E-state index contributed by atoms with van der Waals surface area (Å²) in [6.45, 7) is 1.56. The van der Waals surface area contributed by atoms with Crippen LogP contribution in [0.5, 0.6) is 0 Å². The Morgan fingerprint density at radius 2 is 2.11 bits per heavy atom. The van der Waals surface area contributed by atoms with Crippen molar-refractivity contribution in [2.24, 2.45) is 5.84 Å². The summed E-state index contributed by atoms with van der Waals surface area (Å²) >= 11 is 5.58. The van der Waals surface area contributed by atoms with Crippen molar-refractivity contribution in [3.8, 4) is 0 Å². The second kappa shape index (κ2) is 5.97. The van der Waals surface area contributed by atoms with Crippen molar-refractivity contribution in [1.82, 2.24) is 5.43 Å². The average Bonchev–Trinajstić information content (AvgIpc) is 2.28. The van der Waals surface area contributed by atoms with Gasteiger partial charge in [-0.25, -0.2) is 12.8 Å². The van der Waals surface area contributed by atoms with Crippen molar-refractivity contribution in [3.05, 3.63) is 34.6 Å². The Morgan fingerprint density at radius 3 is 2.56 bits per heavy atom. The summed E-state index contributed by atoms with van der Waals surface area (Å²) in [5.74, 6) is 4.82.